The van der Waals surface area contributed by atoms with Crippen molar-refractivity contribution in [2.45, 2.75) is 13.0 Å². The topological polar surface area (TPSA) is 84.5 Å². The van der Waals surface area contributed by atoms with Crippen molar-refractivity contribution in [1.29, 1.82) is 0 Å². The molecule has 2 aromatic rings. The number of carbonyl (C=O) groups is 2. The number of hydrogen-bond donors (Lipinski definition) is 1. The summed E-state index contributed by atoms with van der Waals surface area (Å²) in [5, 5.41) is 7.43. The molecule has 0 radical (unpaired) electrons. The molecule has 3 rings (SSSR count). The number of aromatic amines is 1. The van der Waals surface area contributed by atoms with Crippen molar-refractivity contribution in [1.82, 2.24) is 15.1 Å². The predicted octanol–water partition coefficient (Wildman–Crippen LogP) is 0.967. The van der Waals surface area contributed by atoms with E-state index in [1.54, 1.807) is 17.9 Å². The monoisotopic (exact) mass is 303 g/mol. The summed E-state index contributed by atoms with van der Waals surface area (Å²) in [5.41, 5.74) is 0.943. The van der Waals surface area contributed by atoms with Gasteiger partial charge in [-0.05, 0) is 13.0 Å². The molecule has 1 saturated heterocycles. The largest absolute Gasteiger partial charge is 0.448 e. The highest BCUT2D eigenvalue weighted by molar-refractivity contribution is 6.02. The van der Waals surface area contributed by atoms with Gasteiger partial charge in [-0.2, -0.15) is 5.10 Å². The summed E-state index contributed by atoms with van der Waals surface area (Å²) in [7, 11) is 0. The summed E-state index contributed by atoms with van der Waals surface area (Å²) in [6, 6.07) is 7.27. The molecule has 116 valence electrons. The Kier molecular flexibility index (Phi) is 4.06. The number of aromatic nitrogens is 2. The summed E-state index contributed by atoms with van der Waals surface area (Å²) in [5.74, 6) is -0.817. The molecule has 0 bridgehead atoms. The molecule has 0 saturated carbocycles. The average Bonchev–Trinajstić information content (AvgIpc) is 2.99. The Hall–Kier alpha value is -2.41. The Morgan fingerprint density at radius 2 is 2.05 bits per heavy atom. The number of hydrogen-bond acceptors (Lipinski definition) is 5. The first-order chi connectivity index (χ1) is 10.7. The number of nitrogens with zero attached hydrogens (tertiary/aromatic N) is 2. The van der Waals surface area contributed by atoms with E-state index in [1.807, 2.05) is 18.2 Å². The third-order valence-corrected chi connectivity index (χ3v) is 3.62. The second-order valence-electron chi connectivity index (χ2n) is 5.10. The third kappa shape index (κ3) is 2.80. The van der Waals surface area contributed by atoms with Crippen LogP contribution in [0.4, 0.5) is 0 Å². The smallest absolute Gasteiger partial charge is 0.360 e. The number of amides is 1. The van der Waals surface area contributed by atoms with E-state index in [0.29, 0.717) is 31.7 Å². The molecule has 1 N–H and O–H groups in total. The number of ether oxygens (including phenoxy) is 2. The number of morpholine rings is 1. The van der Waals surface area contributed by atoms with Crippen LogP contribution in [0.3, 0.4) is 0 Å². The SMILES string of the molecule is CC(OC(=O)c1n[nH]c2ccccc12)C(=O)N1CCOCC1. The second-order valence-corrected chi connectivity index (χ2v) is 5.10. The van der Waals surface area contributed by atoms with Crippen molar-refractivity contribution in [2.75, 3.05) is 26.3 Å². The van der Waals surface area contributed by atoms with Gasteiger partial charge in [0.2, 0.25) is 0 Å². The highest BCUT2D eigenvalue weighted by Gasteiger charge is 2.27. The molecule has 22 heavy (non-hydrogen) atoms. The molecule has 2 heterocycles. The molecule has 1 atom stereocenters. The quantitative estimate of drug-likeness (QED) is 0.854. The maximum absolute atomic E-state index is 12.2. The van der Waals surface area contributed by atoms with Gasteiger partial charge < -0.3 is 14.4 Å². The third-order valence-electron chi connectivity index (χ3n) is 3.62. The van der Waals surface area contributed by atoms with Gasteiger partial charge in [-0.15, -0.1) is 0 Å². The Morgan fingerprint density at radius 3 is 2.82 bits per heavy atom. The highest BCUT2D eigenvalue weighted by Crippen LogP contribution is 2.16. The van der Waals surface area contributed by atoms with Crippen molar-refractivity contribution in [3.8, 4) is 0 Å². The number of esters is 1. The zero-order valence-corrected chi connectivity index (χ0v) is 12.2. The van der Waals surface area contributed by atoms with Crippen molar-refractivity contribution in [2.24, 2.45) is 0 Å². The van der Waals surface area contributed by atoms with E-state index in [0.717, 1.165) is 5.52 Å². The van der Waals surface area contributed by atoms with E-state index in [-0.39, 0.29) is 11.6 Å². The number of fused-ring (bicyclic) bond motifs is 1. The van der Waals surface area contributed by atoms with Crippen molar-refractivity contribution >= 4 is 22.8 Å². The second kappa shape index (κ2) is 6.15. The summed E-state index contributed by atoms with van der Waals surface area (Å²) >= 11 is 0. The molecule has 1 aromatic carbocycles. The fourth-order valence-corrected chi connectivity index (χ4v) is 2.43. The van der Waals surface area contributed by atoms with Gasteiger partial charge in [0, 0.05) is 18.5 Å². The van der Waals surface area contributed by atoms with Crippen LogP contribution in [-0.2, 0) is 14.3 Å². The van der Waals surface area contributed by atoms with Gasteiger partial charge >= 0.3 is 5.97 Å². The molecular weight excluding hydrogens is 286 g/mol. The minimum absolute atomic E-state index is 0.192. The first kappa shape index (κ1) is 14.5. The van der Waals surface area contributed by atoms with Crippen LogP contribution in [0, 0.1) is 0 Å². The maximum atomic E-state index is 12.2. The van der Waals surface area contributed by atoms with E-state index < -0.39 is 12.1 Å². The number of carbonyl (C=O) groups excluding carboxylic acids is 2. The van der Waals surface area contributed by atoms with Crippen molar-refractivity contribution < 1.29 is 19.1 Å². The molecular formula is C15H17N3O4. The van der Waals surface area contributed by atoms with Gasteiger partial charge in [-0.3, -0.25) is 9.89 Å². The molecule has 1 amide bonds. The number of para-hydroxylation sites is 1. The van der Waals surface area contributed by atoms with E-state index in [9.17, 15) is 9.59 Å². The molecule has 1 aliphatic heterocycles. The standard InChI is InChI=1S/C15H17N3O4/c1-10(14(19)18-6-8-21-9-7-18)22-15(20)13-11-4-2-3-5-12(11)16-17-13/h2-5,10H,6-9H2,1H3,(H,16,17). The first-order valence-electron chi connectivity index (χ1n) is 7.17. The van der Waals surface area contributed by atoms with Gasteiger partial charge in [-0.1, -0.05) is 18.2 Å². The van der Waals surface area contributed by atoms with Crippen LogP contribution in [0.15, 0.2) is 24.3 Å². The lowest BCUT2D eigenvalue weighted by atomic mass is 10.2. The van der Waals surface area contributed by atoms with Crippen LogP contribution in [0.2, 0.25) is 0 Å². The van der Waals surface area contributed by atoms with Gasteiger partial charge in [0.25, 0.3) is 5.91 Å². The van der Waals surface area contributed by atoms with Crippen LogP contribution < -0.4 is 0 Å². The lowest BCUT2D eigenvalue weighted by Crippen LogP contribution is -2.46. The lowest BCUT2D eigenvalue weighted by molar-refractivity contribution is -0.143. The fraction of sp³-hybridized carbons (Fsp3) is 0.400. The zero-order valence-electron chi connectivity index (χ0n) is 12.2. The Bertz CT molecular complexity index is 691. The molecule has 1 aromatic heterocycles. The van der Waals surface area contributed by atoms with Gasteiger partial charge in [0.05, 0.1) is 18.7 Å². The van der Waals surface area contributed by atoms with E-state index >= 15 is 0 Å². The predicted molar refractivity (Wildman–Crippen MR) is 78.4 cm³/mol. The van der Waals surface area contributed by atoms with Crippen LogP contribution in [0.5, 0.6) is 0 Å². The van der Waals surface area contributed by atoms with Gasteiger partial charge in [0.15, 0.2) is 11.8 Å². The summed E-state index contributed by atoms with van der Waals surface area (Å²) in [6.07, 6.45) is -0.846. The average molecular weight is 303 g/mol. The van der Waals surface area contributed by atoms with Crippen LogP contribution in [-0.4, -0.2) is 59.4 Å². The molecule has 1 unspecified atom stereocenters. The zero-order chi connectivity index (χ0) is 15.5. The van der Waals surface area contributed by atoms with E-state index in [2.05, 4.69) is 10.2 Å². The minimum atomic E-state index is -0.846. The summed E-state index contributed by atoms with van der Waals surface area (Å²) < 4.78 is 10.5. The molecule has 1 fully saturated rings. The van der Waals surface area contributed by atoms with Gasteiger partial charge in [0.1, 0.15) is 0 Å². The number of rotatable bonds is 3. The Labute approximate surface area is 127 Å². The van der Waals surface area contributed by atoms with Crippen LogP contribution in [0.1, 0.15) is 17.4 Å². The molecule has 7 nitrogen and oxygen atoms in total. The number of H-pyrrole nitrogens is 1. The molecule has 7 heteroatoms. The minimum Gasteiger partial charge on any atom is -0.448 e. The molecule has 1 aliphatic rings. The lowest BCUT2D eigenvalue weighted by Gasteiger charge is -2.28. The van der Waals surface area contributed by atoms with Crippen LogP contribution >= 0.6 is 0 Å². The van der Waals surface area contributed by atoms with E-state index in [4.69, 9.17) is 9.47 Å². The summed E-state index contributed by atoms with van der Waals surface area (Å²) in [4.78, 5) is 26.1. The molecule has 0 aliphatic carbocycles. The van der Waals surface area contributed by atoms with Gasteiger partial charge in [-0.25, -0.2) is 4.79 Å². The Balaban J connectivity index is 1.69. The van der Waals surface area contributed by atoms with Crippen LogP contribution in [0.25, 0.3) is 10.9 Å². The number of benzene rings is 1. The highest BCUT2D eigenvalue weighted by atomic mass is 16.5. The Morgan fingerprint density at radius 1 is 1.32 bits per heavy atom. The number of nitrogens with one attached hydrogen (secondary N) is 1. The first-order valence-corrected chi connectivity index (χ1v) is 7.17. The normalized spacial score (nSPS) is 16.5. The fourth-order valence-electron chi connectivity index (χ4n) is 2.43. The van der Waals surface area contributed by atoms with Crippen molar-refractivity contribution in [3.05, 3.63) is 30.0 Å². The summed E-state index contributed by atoms with van der Waals surface area (Å²) in [6.45, 7) is 3.63. The molecule has 0 spiro atoms. The maximum Gasteiger partial charge on any atom is 0.360 e. The van der Waals surface area contributed by atoms with Crippen molar-refractivity contribution in [3.63, 3.8) is 0 Å². The van der Waals surface area contributed by atoms with E-state index in [1.165, 1.54) is 0 Å².